The van der Waals surface area contributed by atoms with Crippen LogP contribution in [0.1, 0.15) is 13.8 Å². The molecule has 3 nitrogen and oxygen atoms in total. The van der Waals surface area contributed by atoms with Crippen molar-refractivity contribution in [1.29, 1.82) is 0 Å². The van der Waals surface area contributed by atoms with Crippen LogP contribution in [0.2, 0.25) is 0 Å². The molecule has 0 fully saturated rings. The lowest BCUT2D eigenvalue weighted by atomic mass is 10.4. The molecule has 0 N–H and O–H groups in total. The van der Waals surface area contributed by atoms with E-state index in [1.165, 1.54) is 0 Å². The number of hydrogen-bond donors (Lipinski definition) is 0. The molecule has 0 aromatic carbocycles. The van der Waals surface area contributed by atoms with Crippen LogP contribution >= 0.6 is 11.8 Å². The molecular weight excluding hydrogens is 170 g/mol. The minimum Gasteiger partial charge on any atom is -0.282 e. The Hall–Kier alpha value is -0.220. The molecule has 0 saturated heterocycles. The second-order valence-electron chi connectivity index (χ2n) is 3.00. The van der Waals surface area contributed by atoms with Gasteiger partial charge in [0.15, 0.2) is 5.17 Å². The highest BCUT2D eigenvalue weighted by atomic mass is 32.2. The highest BCUT2D eigenvalue weighted by Crippen LogP contribution is 2.10. The highest BCUT2D eigenvalue weighted by molar-refractivity contribution is 8.13. The van der Waals surface area contributed by atoms with E-state index in [4.69, 9.17) is 0 Å². The van der Waals surface area contributed by atoms with Gasteiger partial charge in [0.1, 0.15) is 0 Å². The van der Waals surface area contributed by atoms with Gasteiger partial charge >= 0.3 is 0 Å². The van der Waals surface area contributed by atoms with E-state index >= 15 is 0 Å². The Bertz CT molecular complexity index is 146. The van der Waals surface area contributed by atoms with Gasteiger partial charge in [-0.1, -0.05) is 11.8 Å². The Morgan fingerprint density at radius 2 is 1.83 bits per heavy atom. The van der Waals surface area contributed by atoms with Crippen molar-refractivity contribution in [2.24, 2.45) is 4.99 Å². The SMILES string of the molecule is CN=C(SC)N(C(C)C)N(C)C. The Morgan fingerprint density at radius 1 is 1.33 bits per heavy atom. The molecule has 12 heavy (non-hydrogen) atoms. The average Bonchev–Trinajstić information content (AvgIpc) is 1.98. The third kappa shape index (κ3) is 3.03. The molecule has 0 aliphatic heterocycles. The second kappa shape index (κ2) is 5.43. The van der Waals surface area contributed by atoms with Gasteiger partial charge < -0.3 is 0 Å². The summed E-state index contributed by atoms with van der Waals surface area (Å²) in [5, 5.41) is 5.27. The zero-order valence-corrected chi connectivity index (χ0v) is 9.64. The molecule has 0 aromatic rings. The fourth-order valence-electron chi connectivity index (χ4n) is 1.14. The number of hydrogen-bond acceptors (Lipinski definition) is 3. The lowest BCUT2D eigenvalue weighted by Gasteiger charge is -2.34. The van der Waals surface area contributed by atoms with Crippen LogP contribution in [0.4, 0.5) is 0 Å². The summed E-state index contributed by atoms with van der Waals surface area (Å²) in [6, 6.07) is 0.450. The highest BCUT2D eigenvalue weighted by Gasteiger charge is 2.15. The summed E-state index contributed by atoms with van der Waals surface area (Å²) in [5.74, 6) is 0. The summed E-state index contributed by atoms with van der Waals surface area (Å²) >= 11 is 1.67. The Balaban J connectivity index is 4.49. The monoisotopic (exact) mass is 189 g/mol. The molecule has 0 radical (unpaired) electrons. The number of hydrazine groups is 1. The lowest BCUT2D eigenvalue weighted by molar-refractivity contribution is 0.0816. The largest absolute Gasteiger partial charge is 0.282 e. The normalized spacial score (nSPS) is 12.8. The maximum atomic E-state index is 4.21. The van der Waals surface area contributed by atoms with Gasteiger partial charge in [-0.05, 0) is 20.1 Å². The summed E-state index contributed by atoms with van der Waals surface area (Å²) in [7, 11) is 5.88. The van der Waals surface area contributed by atoms with E-state index in [-0.39, 0.29) is 0 Å². The van der Waals surface area contributed by atoms with E-state index in [1.54, 1.807) is 11.8 Å². The second-order valence-corrected chi connectivity index (χ2v) is 3.77. The van der Waals surface area contributed by atoms with Crippen LogP contribution < -0.4 is 0 Å². The molecule has 0 aromatic heterocycles. The van der Waals surface area contributed by atoms with E-state index in [9.17, 15) is 0 Å². The van der Waals surface area contributed by atoms with Gasteiger partial charge in [-0.3, -0.25) is 10.0 Å². The molecule has 0 unspecified atom stereocenters. The van der Waals surface area contributed by atoms with Crippen LogP contribution in [-0.4, -0.2) is 48.6 Å². The molecule has 4 heteroatoms. The first kappa shape index (κ1) is 11.8. The summed E-state index contributed by atoms with van der Waals surface area (Å²) in [6.45, 7) is 4.31. The van der Waals surface area contributed by atoms with Crippen LogP contribution in [-0.2, 0) is 0 Å². The number of amidine groups is 1. The third-order valence-corrected chi connectivity index (χ3v) is 2.22. The molecule has 0 aliphatic rings. The molecule has 0 saturated carbocycles. The molecule has 0 atom stereocenters. The smallest absolute Gasteiger partial charge is 0.173 e. The van der Waals surface area contributed by atoms with E-state index in [0.29, 0.717) is 6.04 Å². The lowest BCUT2D eigenvalue weighted by Crippen LogP contribution is -2.45. The number of aliphatic imine (C=N–C) groups is 1. The fraction of sp³-hybridized carbons (Fsp3) is 0.875. The third-order valence-electron chi connectivity index (χ3n) is 1.49. The fourth-order valence-corrected chi connectivity index (χ4v) is 1.88. The van der Waals surface area contributed by atoms with Crippen molar-refractivity contribution < 1.29 is 0 Å². The zero-order chi connectivity index (χ0) is 9.72. The van der Waals surface area contributed by atoms with Crippen LogP contribution in [0.3, 0.4) is 0 Å². The quantitative estimate of drug-likeness (QED) is 0.373. The molecule has 0 aliphatic carbocycles. The van der Waals surface area contributed by atoms with E-state index in [1.807, 2.05) is 27.4 Å². The summed E-state index contributed by atoms with van der Waals surface area (Å²) in [5.41, 5.74) is 0. The van der Waals surface area contributed by atoms with Crippen LogP contribution in [0.15, 0.2) is 4.99 Å². The van der Waals surface area contributed by atoms with E-state index in [0.717, 1.165) is 5.17 Å². The van der Waals surface area contributed by atoms with Crippen molar-refractivity contribution in [1.82, 2.24) is 10.0 Å². The van der Waals surface area contributed by atoms with Gasteiger partial charge in [0.05, 0.1) is 0 Å². The van der Waals surface area contributed by atoms with Gasteiger partial charge in [-0.25, -0.2) is 5.01 Å². The molecule has 0 rings (SSSR count). The van der Waals surface area contributed by atoms with Crippen LogP contribution in [0.25, 0.3) is 0 Å². The molecule has 0 heterocycles. The Kier molecular flexibility index (Phi) is 5.33. The van der Waals surface area contributed by atoms with E-state index < -0.39 is 0 Å². The minimum absolute atomic E-state index is 0.450. The van der Waals surface area contributed by atoms with Crippen molar-refractivity contribution in [3.63, 3.8) is 0 Å². The molecule has 0 amide bonds. The van der Waals surface area contributed by atoms with Gasteiger partial charge in [-0.15, -0.1) is 0 Å². The first-order valence-corrected chi connectivity index (χ1v) is 5.24. The maximum Gasteiger partial charge on any atom is 0.173 e. The summed E-state index contributed by atoms with van der Waals surface area (Å²) in [4.78, 5) is 4.21. The summed E-state index contributed by atoms with van der Waals surface area (Å²) in [6.07, 6.45) is 2.04. The first-order valence-electron chi connectivity index (χ1n) is 4.01. The molecule has 72 valence electrons. The van der Waals surface area contributed by atoms with E-state index in [2.05, 4.69) is 28.9 Å². The van der Waals surface area contributed by atoms with Crippen molar-refractivity contribution in [3.05, 3.63) is 0 Å². The van der Waals surface area contributed by atoms with Gasteiger partial charge in [0.25, 0.3) is 0 Å². The van der Waals surface area contributed by atoms with Crippen molar-refractivity contribution in [2.45, 2.75) is 19.9 Å². The molecule has 0 bridgehead atoms. The van der Waals surface area contributed by atoms with Crippen molar-refractivity contribution in [2.75, 3.05) is 27.4 Å². The summed E-state index contributed by atoms with van der Waals surface area (Å²) < 4.78 is 0. The Morgan fingerprint density at radius 3 is 1.92 bits per heavy atom. The molecule has 0 spiro atoms. The first-order chi connectivity index (χ1) is 5.54. The Labute approximate surface area is 79.8 Å². The standard InChI is InChI=1S/C8H19N3S/c1-7(2)11(10(4)5)8(9-3)12-6/h7H,1-6H3. The maximum absolute atomic E-state index is 4.21. The predicted molar refractivity (Wildman–Crippen MR) is 57.5 cm³/mol. The topological polar surface area (TPSA) is 18.8 Å². The zero-order valence-electron chi connectivity index (χ0n) is 8.83. The molecular formula is C8H19N3S. The number of thioether (sulfide) groups is 1. The van der Waals surface area contributed by atoms with Crippen molar-refractivity contribution in [3.8, 4) is 0 Å². The van der Waals surface area contributed by atoms with Crippen LogP contribution in [0.5, 0.6) is 0 Å². The number of rotatable bonds is 2. The predicted octanol–water partition coefficient (Wildman–Crippen LogP) is 1.52. The van der Waals surface area contributed by atoms with Gasteiger partial charge in [-0.2, -0.15) is 0 Å². The number of nitrogens with zero attached hydrogens (tertiary/aromatic N) is 3. The van der Waals surface area contributed by atoms with Crippen molar-refractivity contribution >= 4 is 16.9 Å². The minimum atomic E-state index is 0.450. The average molecular weight is 189 g/mol. The van der Waals surface area contributed by atoms with Crippen LogP contribution in [0, 0.1) is 0 Å². The van der Waals surface area contributed by atoms with Gasteiger partial charge in [0, 0.05) is 27.2 Å². The van der Waals surface area contributed by atoms with Gasteiger partial charge in [0.2, 0.25) is 0 Å².